The molecule has 1 aromatic heterocycles. The Morgan fingerprint density at radius 2 is 2.07 bits per heavy atom. The lowest BCUT2D eigenvalue weighted by Gasteiger charge is -2.01. The minimum absolute atomic E-state index is 0.766. The van der Waals surface area contributed by atoms with Crippen molar-refractivity contribution in [3.8, 4) is 0 Å². The first kappa shape index (κ1) is 9.28. The molecule has 0 spiro atoms. The van der Waals surface area contributed by atoms with Crippen molar-refractivity contribution in [1.82, 2.24) is 9.78 Å². The molecule has 0 saturated heterocycles. The predicted molar refractivity (Wildman–Crippen MR) is 56.3 cm³/mol. The van der Waals surface area contributed by atoms with Crippen molar-refractivity contribution in [1.29, 1.82) is 0 Å². The minimum atomic E-state index is 0.766. The van der Waals surface area contributed by atoms with E-state index >= 15 is 0 Å². The topological polar surface area (TPSA) is 17.8 Å². The van der Waals surface area contributed by atoms with E-state index < -0.39 is 0 Å². The molecule has 71 valence electrons. The number of halogens is 1. The summed E-state index contributed by atoms with van der Waals surface area (Å²) in [7, 11) is 1.92. The number of hydrogen-bond donors (Lipinski definition) is 0. The van der Waals surface area contributed by atoms with Gasteiger partial charge in [0.25, 0.3) is 0 Å². The van der Waals surface area contributed by atoms with Crippen molar-refractivity contribution in [2.24, 2.45) is 7.05 Å². The molecule has 1 heterocycles. The average Bonchev–Trinajstić information content (AvgIpc) is 2.56. The van der Waals surface area contributed by atoms with Gasteiger partial charge in [0.2, 0.25) is 0 Å². The zero-order chi connectivity index (χ0) is 9.97. The largest absolute Gasteiger partial charge is 0.272 e. The normalized spacial score (nSPS) is 10.4. The number of benzene rings is 1. The third-order valence-corrected chi connectivity index (χ3v) is 2.39. The number of rotatable bonds is 2. The molecular formula is C11H10ClN2. The molecule has 0 aliphatic rings. The molecule has 1 radical (unpaired) electrons. The third-order valence-electron chi connectivity index (χ3n) is 2.14. The maximum Gasteiger partial charge on any atom is 0.0572 e. The highest BCUT2D eigenvalue weighted by Gasteiger charge is 2.00. The molecule has 1 aromatic carbocycles. The lowest BCUT2D eigenvalue weighted by molar-refractivity contribution is 0.724. The van der Waals surface area contributed by atoms with Gasteiger partial charge < -0.3 is 0 Å². The van der Waals surface area contributed by atoms with Gasteiger partial charge in [-0.1, -0.05) is 23.7 Å². The van der Waals surface area contributed by atoms with Gasteiger partial charge in [-0.15, -0.1) is 0 Å². The fourth-order valence-corrected chi connectivity index (χ4v) is 1.44. The summed E-state index contributed by atoms with van der Waals surface area (Å²) in [6.45, 7) is 0. The average molecular weight is 206 g/mol. The van der Waals surface area contributed by atoms with E-state index in [0.717, 1.165) is 17.1 Å². The fourth-order valence-electron chi connectivity index (χ4n) is 1.31. The van der Waals surface area contributed by atoms with Crippen molar-refractivity contribution in [2.75, 3.05) is 0 Å². The van der Waals surface area contributed by atoms with E-state index in [1.807, 2.05) is 36.0 Å². The maximum atomic E-state index is 5.80. The highest BCUT2D eigenvalue weighted by Crippen LogP contribution is 2.12. The van der Waals surface area contributed by atoms with E-state index in [4.69, 9.17) is 11.6 Å². The van der Waals surface area contributed by atoms with Crippen LogP contribution in [-0.4, -0.2) is 9.78 Å². The van der Waals surface area contributed by atoms with Crippen molar-refractivity contribution in [2.45, 2.75) is 6.42 Å². The van der Waals surface area contributed by atoms with Crippen LogP contribution in [0.1, 0.15) is 11.3 Å². The van der Waals surface area contributed by atoms with Gasteiger partial charge in [0, 0.05) is 24.6 Å². The van der Waals surface area contributed by atoms with Crippen LogP contribution in [0.15, 0.2) is 30.5 Å². The molecule has 0 N–H and O–H groups in total. The molecule has 0 aliphatic carbocycles. The van der Waals surface area contributed by atoms with E-state index in [1.54, 1.807) is 6.20 Å². The zero-order valence-corrected chi connectivity index (χ0v) is 8.62. The van der Waals surface area contributed by atoms with Gasteiger partial charge >= 0.3 is 0 Å². The second-order valence-corrected chi connectivity index (χ2v) is 3.60. The molecule has 3 heteroatoms. The molecule has 2 aromatic rings. The third kappa shape index (κ3) is 1.96. The molecule has 2 rings (SSSR count). The molecule has 0 aliphatic heterocycles. The lowest BCUT2D eigenvalue weighted by atomic mass is 10.1. The summed E-state index contributed by atoms with van der Waals surface area (Å²) in [5.41, 5.74) is 2.29. The molecule has 14 heavy (non-hydrogen) atoms. The standard InChI is InChI=1S/C11H10ClN2/c1-14-11(6-7-13-14)8-9-2-4-10(12)5-3-9/h2-5,7H,8H2,1H3. The Hall–Kier alpha value is -1.28. The monoisotopic (exact) mass is 205 g/mol. The predicted octanol–water partition coefficient (Wildman–Crippen LogP) is 2.46. The quantitative estimate of drug-likeness (QED) is 0.737. The zero-order valence-electron chi connectivity index (χ0n) is 7.87. The van der Waals surface area contributed by atoms with Crippen LogP contribution < -0.4 is 0 Å². The van der Waals surface area contributed by atoms with Gasteiger partial charge in [-0.3, -0.25) is 4.68 Å². The summed E-state index contributed by atoms with van der Waals surface area (Å²) in [6, 6.07) is 10.9. The first-order valence-corrected chi connectivity index (χ1v) is 4.76. The van der Waals surface area contributed by atoms with Crippen molar-refractivity contribution >= 4 is 11.6 Å². The second kappa shape index (κ2) is 3.84. The second-order valence-electron chi connectivity index (χ2n) is 3.16. The van der Waals surface area contributed by atoms with Crippen molar-refractivity contribution in [3.63, 3.8) is 0 Å². The number of aromatic nitrogens is 2. The van der Waals surface area contributed by atoms with Gasteiger partial charge in [-0.2, -0.15) is 5.10 Å². The molecule has 0 atom stereocenters. The highest BCUT2D eigenvalue weighted by molar-refractivity contribution is 6.30. The van der Waals surface area contributed by atoms with Crippen LogP contribution in [0.3, 0.4) is 0 Å². The summed E-state index contributed by atoms with van der Waals surface area (Å²) in [5.74, 6) is 0. The van der Waals surface area contributed by atoms with Crippen molar-refractivity contribution in [3.05, 3.63) is 52.8 Å². The summed E-state index contributed by atoms with van der Waals surface area (Å²) >= 11 is 5.80. The summed E-state index contributed by atoms with van der Waals surface area (Å²) in [6.07, 6.45) is 2.53. The Morgan fingerprint density at radius 1 is 1.36 bits per heavy atom. The number of nitrogens with zero attached hydrogens (tertiary/aromatic N) is 2. The Labute approximate surface area is 88.1 Å². The number of hydrogen-bond acceptors (Lipinski definition) is 1. The van der Waals surface area contributed by atoms with Crippen LogP contribution in [0.2, 0.25) is 5.02 Å². The van der Waals surface area contributed by atoms with Crippen LogP contribution in [0.5, 0.6) is 0 Å². The fraction of sp³-hybridized carbons (Fsp3) is 0.182. The Kier molecular flexibility index (Phi) is 2.55. The Morgan fingerprint density at radius 3 is 2.64 bits per heavy atom. The van der Waals surface area contributed by atoms with Gasteiger partial charge in [-0.25, -0.2) is 0 Å². The molecule has 0 saturated carbocycles. The van der Waals surface area contributed by atoms with E-state index in [-0.39, 0.29) is 0 Å². The number of aryl methyl sites for hydroxylation is 1. The van der Waals surface area contributed by atoms with Gasteiger partial charge in [-0.05, 0) is 17.7 Å². The summed E-state index contributed by atoms with van der Waals surface area (Å²) in [4.78, 5) is 0. The van der Waals surface area contributed by atoms with Gasteiger partial charge in [0.05, 0.1) is 11.9 Å². The van der Waals surface area contributed by atoms with Gasteiger partial charge in [0.15, 0.2) is 0 Å². The SMILES string of the molecule is Cn1nc[c]c1Cc1ccc(Cl)cc1. The Balaban J connectivity index is 2.19. The smallest absolute Gasteiger partial charge is 0.0572 e. The van der Waals surface area contributed by atoms with Crippen LogP contribution >= 0.6 is 11.6 Å². The van der Waals surface area contributed by atoms with E-state index in [0.29, 0.717) is 0 Å². The van der Waals surface area contributed by atoms with Crippen LogP contribution in [0.25, 0.3) is 0 Å². The molecular weight excluding hydrogens is 196 g/mol. The maximum absolute atomic E-state index is 5.80. The molecule has 0 bridgehead atoms. The van der Waals surface area contributed by atoms with E-state index in [9.17, 15) is 0 Å². The van der Waals surface area contributed by atoms with E-state index in [2.05, 4.69) is 11.2 Å². The Bertz CT molecular complexity index is 417. The van der Waals surface area contributed by atoms with Crippen LogP contribution in [0, 0.1) is 6.07 Å². The molecule has 0 unspecified atom stereocenters. The molecule has 0 amide bonds. The lowest BCUT2D eigenvalue weighted by Crippen LogP contribution is -1.98. The van der Waals surface area contributed by atoms with Crippen molar-refractivity contribution < 1.29 is 0 Å². The van der Waals surface area contributed by atoms with Crippen LogP contribution in [-0.2, 0) is 13.5 Å². The van der Waals surface area contributed by atoms with Gasteiger partial charge in [0.1, 0.15) is 0 Å². The summed E-state index contributed by atoms with van der Waals surface area (Å²) in [5, 5.41) is 4.83. The van der Waals surface area contributed by atoms with Crippen LogP contribution in [0.4, 0.5) is 0 Å². The minimum Gasteiger partial charge on any atom is -0.272 e. The molecule has 2 nitrogen and oxygen atoms in total. The summed E-state index contributed by atoms with van der Waals surface area (Å²) < 4.78 is 1.83. The van der Waals surface area contributed by atoms with E-state index in [1.165, 1.54) is 5.56 Å². The first-order chi connectivity index (χ1) is 6.75. The first-order valence-electron chi connectivity index (χ1n) is 4.39. The molecule has 0 fully saturated rings. The highest BCUT2D eigenvalue weighted by atomic mass is 35.5.